The van der Waals surface area contributed by atoms with E-state index in [9.17, 15) is 4.79 Å². The minimum Gasteiger partial charge on any atom is -0.315 e. The van der Waals surface area contributed by atoms with Gasteiger partial charge in [0.1, 0.15) is 0 Å². The van der Waals surface area contributed by atoms with E-state index in [1.54, 1.807) is 18.9 Å². The third kappa shape index (κ3) is 1.95. The molecule has 76 valence electrons. The number of hydrogen-bond donors (Lipinski definition) is 0. The van der Waals surface area contributed by atoms with Crippen molar-refractivity contribution in [3.63, 3.8) is 0 Å². The van der Waals surface area contributed by atoms with E-state index in [2.05, 4.69) is 26.0 Å². The maximum Gasteiger partial charge on any atom is 0.223 e. The second kappa shape index (κ2) is 3.82. The van der Waals surface area contributed by atoms with Gasteiger partial charge in [-0.3, -0.25) is 4.79 Å². The highest BCUT2D eigenvalue weighted by atomic mass is 16.2. The van der Waals surface area contributed by atoms with E-state index in [1.165, 1.54) is 11.1 Å². The maximum atomic E-state index is 11.2. The fourth-order valence-corrected chi connectivity index (χ4v) is 1.48. The fraction of sp³-hybridized carbons (Fsp3) is 0.417. The predicted octanol–water partition coefficient (Wildman–Crippen LogP) is 2.59. The first-order valence-corrected chi connectivity index (χ1v) is 4.75. The highest BCUT2D eigenvalue weighted by Gasteiger charge is 2.09. The summed E-state index contributed by atoms with van der Waals surface area (Å²) in [5.41, 5.74) is 4.63. The minimum absolute atomic E-state index is 0.0661. The summed E-state index contributed by atoms with van der Waals surface area (Å²) in [4.78, 5) is 12.9. The van der Waals surface area contributed by atoms with Crippen molar-refractivity contribution in [2.75, 3.05) is 11.9 Å². The second-order valence-electron chi connectivity index (χ2n) is 3.80. The Balaban J connectivity index is 3.22. The van der Waals surface area contributed by atoms with Crippen molar-refractivity contribution in [3.8, 4) is 0 Å². The van der Waals surface area contributed by atoms with E-state index in [4.69, 9.17) is 0 Å². The van der Waals surface area contributed by atoms with Gasteiger partial charge in [0.25, 0.3) is 0 Å². The quantitative estimate of drug-likeness (QED) is 0.668. The lowest BCUT2D eigenvalue weighted by molar-refractivity contribution is -0.116. The number of nitrogens with zero attached hydrogens (tertiary/aromatic N) is 1. The largest absolute Gasteiger partial charge is 0.315 e. The van der Waals surface area contributed by atoms with Crippen LogP contribution in [-0.4, -0.2) is 13.0 Å². The van der Waals surface area contributed by atoms with Gasteiger partial charge in [0.15, 0.2) is 0 Å². The van der Waals surface area contributed by atoms with Crippen molar-refractivity contribution in [1.82, 2.24) is 0 Å². The molecule has 1 aromatic carbocycles. The molecule has 1 amide bonds. The molecule has 0 radical (unpaired) electrons. The van der Waals surface area contributed by atoms with E-state index in [1.807, 2.05) is 6.92 Å². The Kier molecular flexibility index (Phi) is 2.94. The van der Waals surface area contributed by atoms with E-state index in [0.29, 0.717) is 0 Å². The van der Waals surface area contributed by atoms with Gasteiger partial charge >= 0.3 is 0 Å². The van der Waals surface area contributed by atoms with Gasteiger partial charge in [0, 0.05) is 19.7 Å². The molecule has 14 heavy (non-hydrogen) atoms. The molecule has 0 saturated carbocycles. The first kappa shape index (κ1) is 10.8. The average molecular weight is 191 g/mol. The van der Waals surface area contributed by atoms with Crippen molar-refractivity contribution >= 4 is 11.6 Å². The Morgan fingerprint density at radius 2 is 1.57 bits per heavy atom. The molecule has 0 fully saturated rings. The van der Waals surface area contributed by atoms with Gasteiger partial charge in [-0.2, -0.15) is 0 Å². The number of aryl methyl sites for hydroxylation is 3. The molecular weight excluding hydrogens is 174 g/mol. The SMILES string of the molecule is CC(=O)N(C)c1cc(C)c(C)cc1C. The van der Waals surface area contributed by atoms with Gasteiger partial charge in [0.2, 0.25) is 5.91 Å². The van der Waals surface area contributed by atoms with Crippen LogP contribution in [0, 0.1) is 20.8 Å². The average Bonchev–Trinajstić information content (AvgIpc) is 2.10. The van der Waals surface area contributed by atoms with Crippen LogP contribution in [0.3, 0.4) is 0 Å². The lowest BCUT2D eigenvalue weighted by atomic mass is 10.0. The smallest absolute Gasteiger partial charge is 0.223 e. The van der Waals surface area contributed by atoms with Crippen molar-refractivity contribution < 1.29 is 4.79 Å². The predicted molar refractivity (Wildman–Crippen MR) is 59.7 cm³/mol. The lowest BCUT2D eigenvalue weighted by Gasteiger charge is -2.19. The number of anilines is 1. The monoisotopic (exact) mass is 191 g/mol. The summed E-state index contributed by atoms with van der Waals surface area (Å²) in [6.07, 6.45) is 0. The zero-order valence-corrected chi connectivity index (χ0v) is 9.51. The molecule has 0 saturated heterocycles. The van der Waals surface area contributed by atoms with Crippen LogP contribution in [0.4, 0.5) is 5.69 Å². The summed E-state index contributed by atoms with van der Waals surface area (Å²) in [5.74, 6) is 0.0661. The zero-order valence-electron chi connectivity index (χ0n) is 9.51. The Labute approximate surface area is 85.5 Å². The topological polar surface area (TPSA) is 20.3 Å². The van der Waals surface area contributed by atoms with Gasteiger partial charge < -0.3 is 4.90 Å². The minimum atomic E-state index is 0.0661. The van der Waals surface area contributed by atoms with Gasteiger partial charge in [-0.1, -0.05) is 6.07 Å². The molecule has 0 unspecified atom stereocenters. The highest BCUT2D eigenvalue weighted by Crippen LogP contribution is 2.23. The molecule has 1 rings (SSSR count). The van der Waals surface area contributed by atoms with E-state index in [0.717, 1.165) is 11.3 Å². The number of amides is 1. The fourth-order valence-electron chi connectivity index (χ4n) is 1.48. The van der Waals surface area contributed by atoms with Crippen LogP contribution >= 0.6 is 0 Å². The number of benzene rings is 1. The van der Waals surface area contributed by atoms with Crippen molar-refractivity contribution in [3.05, 3.63) is 28.8 Å². The summed E-state index contributed by atoms with van der Waals surface area (Å²) >= 11 is 0. The van der Waals surface area contributed by atoms with Crippen molar-refractivity contribution in [1.29, 1.82) is 0 Å². The standard InChI is InChI=1S/C12H17NO/c1-8-6-10(3)12(7-9(8)2)13(5)11(4)14/h6-7H,1-5H3. The molecule has 0 aliphatic rings. The molecule has 1 aromatic rings. The van der Waals surface area contributed by atoms with E-state index in [-0.39, 0.29) is 5.91 Å². The van der Waals surface area contributed by atoms with E-state index < -0.39 is 0 Å². The van der Waals surface area contributed by atoms with Gasteiger partial charge in [-0.05, 0) is 43.5 Å². The van der Waals surface area contributed by atoms with Crippen LogP contribution in [-0.2, 0) is 4.79 Å². The van der Waals surface area contributed by atoms with E-state index >= 15 is 0 Å². The normalized spacial score (nSPS) is 10.1. The Morgan fingerprint density at radius 1 is 1.07 bits per heavy atom. The molecule has 0 atom stereocenters. The maximum absolute atomic E-state index is 11.2. The summed E-state index contributed by atoms with van der Waals surface area (Å²) < 4.78 is 0. The van der Waals surface area contributed by atoms with Crippen LogP contribution in [0.25, 0.3) is 0 Å². The van der Waals surface area contributed by atoms with Crippen LogP contribution in [0.1, 0.15) is 23.6 Å². The number of carbonyl (C=O) groups excluding carboxylic acids is 1. The van der Waals surface area contributed by atoms with Gasteiger partial charge in [-0.15, -0.1) is 0 Å². The molecule has 0 spiro atoms. The molecule has 2 heteroatoms. The molecule has 0 bridgehead atoms. The second-order valence-corrected chi connectivity index (χ2v) is 3.80. The van der Waals surface area contributed by atoms with Crippen molar-refractivity contribution in [2.24, 2.45) is 0 Å². The Bertz CT molecular complexity index is 369. The van der Waals surface area contributed by atoms with Crippen LogP contribution < -0.4 is 4.90 Å². The molecule has 0 N–H and O–H groups in total. The first-order valence-electron chi connectivity index (χ1n) is 4.75. The zero-order chi connectivity index (χ0) is 10.9. The molecule has 0 aliphatic heterocycles. The number of carbonyl (C=O) groups is 1. The third-order valence-corrected chi connectivity index (χ3v) is 2.65. The van der Waals surface area contributed by atoms with Crippen LogP contribution in [0.15, 0.2) is 12.1 Å². The highest BCUT2D eigenvalue weighted by molar-refractivity contribution is 5.91. The summed E-state index contributed by atoms with van der Waals surface area (Å²) in [5, 5.41) is 0. The lowest BCUT2D eigenvalue weighted by Crippen LogP contribution is -2.23. The molecule has 0 aromatic heterocycles. The molecule has 0 heterocycles. The molecular formula is C12H17NO. The summed E-state index contributed by atoms with van der Waals surface area (Å²) in [7, 11) is 1.80. The summed E-state index contributed by atoms with van der Waals surface area (Å²) in [6, 6.07) is 4.18. The third-order valence-electron chi connectivity index (χ3n) is 2.65. The summed E-state index contributed by atoms with van der Waals surface area (Å²) in [6.45, 7) is 7.75. The Hall–Kier alpha value is -1.31. The molecule has 0 aliphatic carbocycles. The van der Waals surface area contributed by atoms with Crippen LogP contribution in [0.5, 0.6) is 0 Å². The number of rotatable bonds is 1. The van der Waals surface area contributed by atoms with Crippen molar-refractivity contribution in [2.45, 2.75) is 27.7 Å². The van der Waals surface area contributed by atoms with Crippen LogP contribution in [0.2, 0.25) is 0 Å². The first-order chi connectivity index (χ1) is 6.43. The van der Waals surface area contributed by atoms with Gasteiger partial charge in [-0.25, -0.2) is 0 Å². The van der Waals surface area contributed by atoms with Gasteiger partial charge in [0.05, 0.1) is 0 Å². The number of hydrogen-bond acceptors (Lipinski definition) is 1. The Morgan fingerprint density at radius 3 is 2.07 bits per heavy atom. The molecule has 2 nitrogen and oxygen atoms in total.